The molecule has 2 aromatic heterocycles. The summed E-state index contributed by atoms with van der Waals surface area (Å²) in [6.45, 7) is 2.38. The van der Waals surface area contributed by atoms with Gasteiger partial charge in [0.2, 0.25) is 0 Å². The van der Waals surface area contributed by atoms with Gasteiger partial charge in [0.15, 0.2) is 0 Å². The highest BCUT2D eigenvalue weighted by Gasteiger charge is 2.12. The van der Waals surface area contributed by atoms with Crippen molar-refractivity contribution >= 4 is 11.2 Å². The lowest BCUT2D eigenvalue weighted by molar-refractivity contribution is 0.949. The maximum Gasteiger partial charge on any atom is 0.0550 e. The largest absolute Gasteiger partial charge is 0.371 e. The van der Waals surface area contributed by atoms with Gasteiger partial charge < -0.3 is 9.30 Å². The highest BCUT2D eigenvalue weighted by molar-refractivity contribution is 5.58. The molecule has 0 spiro atoms. The second-order valence-corrected chi connectivity index (χ2v) is 3.82. The molecule has 0 bridgehead atoms. The minimum Gasteiger partial charge on any atom is -0.371 e. The van der Waals surface area contributed by atoms with E-state index >= 15 is 0 Å². The molecule has 0 N–H and O–H groups in total. The first-order valence-electron chi connectivity index (χ1n) is 5.17. The maximum absolute atomic E-state index is 3.44. The van der Waals surface area contributed by atoms with Crippen LogP contribution in [0.3, 0.4) is 0 Å². The minimum atomic E-state index is 1.16. The second kappa shape index (κ2) is 3.05. The monoisotopic (exact) mass is 185 g/mol. The summed E-state index contributed by atoms with van der Waals surface area (Å²) in [5, 5.41) is 0. The van der Waals surface area contributed by atoms with Gasteiger partial charge in [-0.3, -0.25) is 0 Å². The van der Waals surface area contributed by atoms with E-state index in [1.165, 1.54) is 31.6 Å². The summed E-state index contributed by atoms with van der Waals surface area (Å²) < 4.78 is 2.10. The van der Waals surface area contributed by atoms with E-state index in [2.05, 4.69) is 46.0 Å². The zero-order valence-electron chi connectivity index (χ0n) is 8.11. The zero-order valence-corrected chi connectivity index (χ0v) is 8.11. The van der Waals surface area contributed by atoms with Crippen molar-refractivity contribution in [3.8, 4) is 0 Å². The summed E-state index contributed by atoms with van der Waals surface area (Å²) in [6, 6.07) is 9.74. The van der Waals surface area contributed by atoms with Gasteiger partial charge in [-0.15, -0.1) is 0 Å². The fraction of sp³-hybridized carbons (Fsp3) is 0.333. The van der Waals surface area contributed by atoms with Crippen LogP contribution in [0.5, 0.6) is 0 Å². The Morgan fingerprint density at radius 2 is 1.93 bits per heavy atom. The molecular formula is C12H13N2. The summed E-state index contributed by atoms with van der Waals surface area (Å²) >= 11 is 0. The van der Waals surface area contributed by atoms with Crippen molar-refractivity contribution in [1.29, 1.82) is 0 Å². The molecule has 0 aliphatic carbocycles. The average Bonchev–Trinajstić information content (AvgIpc) is 2.88. The molecule has 1 fully saturated rings. The van der Waals surface area contributed by atoms with Crippen LogP contribution in [0.2, 0.25) is 0 Å². The molecule has 14 heavy (non-hydrogen) atoms. The lowest BCUT2D eigenvalue weighted by Crippen LogP contribution is -2.17. The lowest BCUT2D eigenvalue weighted by atomic mass is 10.3. The third kappa shape index (κ3) is 1.18. The van der Waals surface area contributed by atoms with E-state index in [1.807, 2.05) is 0 Å². The Morgan fingerprint density at radius 3 is 2.79 bits per heavy atom. The summed E-state index contributed by atoms with van der Waals surface area (Å²) in [5.74, 6) is 0. The number of pyridine rings is 1. The van der Waals surface area contributed by atoms with Crippen molar-refractivity contribution in [3.63, 3.8) is 0 Å². The quantitative estimate of drug-likeness (QED) is 0.661. The summed E-state index contributed by atoms with van der Waals surface area (Å²) in [5.41, 5.74) is 2.41. The van der Waals surface area contributed by atoms with Crippen LogP contribution >= 0.6 is 0 Å². The highest BCUT2D eigenvalue weighted by atomic mass is 15.1. The van der Waals surface area contributed by atoms with Gasteiger partial charge >= 0.3 is 0 Å². The molecule has 0 amide bonds. The van der Waals surface area contributed by atoms with Crippen LogP contribution in [0.15, 0.2) is 30.6 Å². The van der Waals surface area contributed by atoms with E-state index in [9.17, 15) is 0 Å². The molecule has 0 unspecified atom stereocenters. The Bertz CT molecular complexity index is 438. The van der Waals surface area contributed by atoms with Gasteiger partial charge in [-0.1, -0.05) is 0 Å². The Balaban J connectivity index is 2.04. The van der Waals surface area contributed by atoms with E-state index in [0.29, 0.717) is 0 Å². The Labute approximate surface area is 83.8 Å². The second-order valence-electron chi connectivity index (χ2n) is 3.82. The van der Waals surface area contributed by atoms with Crippen molar-refractivity contribution in [3.05, 3.63) is 36.7 Å². The molecule has 71 valence electrons. The average molecular weight is 185 g/mol. The Kier molecular flexibility index (Phi) is 1.72. The molecule has 0 atom stereocenters. The maximum atomic E-state index is 3.44. The SMILES string of the molecule is [c]1c(N2CCCC2)ccn2cccc12. The molecule has 1 aliphatic heterocycles. The Hall–Kier alpha value is -1.44. The van der Waals surface area contributed by atoms with Gasteiger partial charge in [0, 0.05) is 37.2 Å². The number of fused-ring (bicyclic) bond motifs is 1. The van der Waals surface area contributed by atoms with Gasteiger partial charge in [0.05, 0.1) is 5.52 Å². The standard InChI is InChI=1S/C12H13N2/c1-2-7-13(6-1)12-5-9-14-8-3-4-11(14)10-12/h3-5,8-9H,1-2,6-7H2. The van der Waals surface area contributed by atoms with Crippen LogP contribution in [0.1, 0.15) is 12.8 Å². The van der Waals surface area contributed by atoms with Crippen LogP contribution in [0.4, 0.5) is 5.69 Å². The summed E-state index contributed by atoms with van der Waals surface area (Å²) in [7, 11) is 0. The highest BCUT2D eigenvalue weighted by Crippen LogP contribution is 2.20. The van der Waals surface area contributed by atoms with E-state index in [4.69, 9.17) is 0 Å². The number of hydrogen-bond donors (Lipinski definition) is 0. The summed E-state index contributed by atoms with van der Waals surface area (Å²) in [6.07, 6.45) is 6.80. The number of rotatable bonds is 1. The van der Waals surface area contributed by atoms with Gasteiger partial charge in [0.25, 0.3) is 0 Å². The van der Waals surface area contributed by atoms with Crippen molar-refractivity contribution in [2.45, 2.75) is 12.8 Å². The fourth-order valence-electron chi connectivity index (χ4n) is 2.10. The molecule has 1 radical (unpaired) electrons. The van der Waals surface area contributed by atoms with E-state index < -0.39 is 0 Å². The first-order chi connectivity index (χ1) is 6.93. The predicted octanol–water partition coefficient (Wildman–Crippen LogP) is 2.34. The smallest absolute Gasteiger partial charge is 0.0550 e. The van der Waals surface area contributed by atoms with Crippen LogP contribution in [-0.4, -0.2) is 17.5 Å². The molecule has 1 saturated heterocycles. The Morgan fingerprint density at radius 1 is 1.07 bits per heavy atom. The number of nitrogens with zero attached hydrogens (tertiary/aromatic N) is 2. The van der Waals surface area contributed by atoms with E-state index in [1.54, 1.807) is 0 Å². The third-order valence-corrected chi connectivity index (χ3v) is 2.87. The summed E-state index contributed by atoms with van der Waals surface area (Å²) in [4.78, 5) is 2.41. The molecule has 3 heterocycles. The normalized spacial score (nSPS) is 16.7. The van der Waals surface area contributed by atoms with Crippen molar-refractivity contribution in [2.24, 2.45) is 0 Å². The van der Waals surface area contributed by atoms with Gasteiger partial charge in [-0.05, 0) is 31.0 Å². The molecule has 0 aromatic carbocycles. The van der Waals surface area contributed by atoms with Crippen molar-refractivity contribution < 1.29 is 0 Å². The molecule has 0 saturated carbocycles. The van der Waals surface area contributed by atoms with Crippen LogP contribution in [0, 0.1) is 6.07 Å². The first kappa shape index (κ1) is 7.92. The molecule has 2 heteroatoms. The lowest BCUT2D eigenvalue weighted by Gasteiger charge is -2.17. The first-order valence-corrected chi connectivity index (χ1v) is 5.17. The molecular weight excluding hydrogens is 172 g/mol. The van der Waals surface area contributed by atoms with Crippen LogP contribution in [-0.2, 0) is 0 Å². The van der Waals surface area contributed by atoms with Crippen LogP contribution < -0.4 is 4.90 Å². The van der Waals surface area contributed by atoms with Crippen molar-refractivity contribution in [2.75, 3.05) is 18.0 Å². The van der Waals surface area contributed by atoms with E-state index in [0.717, 1.165) is 5.52 Å². The fourth-order valence-corrected chi connectivity index (χ4v) is 2.10. The zero-order chi connectivity index (χ0) is 9.38. The van der Waals surface area contributed by atoms with Gasteiger partial charge in [-0.2, -0.15) is 0 Å². The number of aromatic nitrogens is 1. The third-order valence-electron chi connectivity index (χ3n) is 2.87. The number of anilines is 1. The molecule has 2 nitrogen and oxygen atoms in total. The minimum absolute atomic E-state index is 1.16. The molecule has 2 aromatic rings. The van der Waals surface area contributed by atoms with Gasteiger partial charge in [-0.25, -0.2) is 0 Å². The topological polar surface area (TPSA) is 7.65 Å². The van der Waals surface area contributed by atoms with Gasteiger partial charge in [0.1, 0.15) is 0 Å². The predicted molar refractivity (Wildman–Crippen MR) is 57.7 cm³/mol. The van der Waals surface area contributed by atoms with Crippen molar-refractivity contribution in [1.82, 2.24) is 4.40 Å². The molecule has 3 rings (SSSR count). The van der Waals surface area contributed by atoms with Crippen LogP contribution in [0.25, 0.3) is 5.52 Å². The van der Waals surface area contributed by atoms with E-state index in [-0.39, 0.29) is 0 Å². The number of hydrogen-bond acceptors (Lipinski definition) is 1. The molecule has 1 aliphatic rings.